The molecule has 0 spiro atoms. The summed E-state index contributed by atoms with van der Waals surface area (Å²) in [6, 6.07) is 4.52. The fourth-order valence-electron chi connectivity index (χ4n) is 2.69. The van der Waals surface area contributed by atoms with Gasteiger partial charge in [-0.25, -0.2) is 4.79 Å². The molecule has 0 aliphatic carbocycles. The van der Waals surface area contributed by atoms with Crippen LogP contribution in [0, 0.1) is 5.92 Å². The van der Waals surface area contributed by atoms with E-state index in [2.05, 4.69) is 9.97 Å². The Balaban J connectivity index is 2.02. The van der Waals surface area contributed by atoms with Crippen molar-refractivity contribution in [1.82, 2.24) is 14.9 Å². The average Bonchev–Trinajstić information content (AvgIpc) is 2.83. The Morgan fingerprint density at radius 3 is 2.72 bits per heavy atom. The quantitative estimate of drug-likeness (QED) is 0.651. The molecular weight excluding hydrogens is 358 g/mol. The van der Waals surface area contributed by atoms with Crippen LogP contribution in [0.1, 0.15) is 19.4 Å². The maximum atomic E-state index is 12.8. The van der Waals surface area contributed by atoms with Crippen LogP contribution in [0.5, 0.6) is 0 Å². The van der Waals surface area contributed by atoms with Crippen molar-refractivity contribution in [3.8, 4) is 0 Å². The Morgan fingerprint density at radius 2 is 2.04 bits per heavy atom. The standard InChI is InChI=1S/C17H15N3O3S2/c1-9(2)14(16(22)23)20-15(21)12(25-17(20)24)8-10-4-3-5-11-13(10)19-7-6-18-11/h3-9,14H,1-2H3,(H,22,23). The van der Waals surface area contributed by atoms with E-state index in [4.69, 9.17) is 12.2 Å². The molecule has 6 nitrogen and oxygen atoms in total. The maximum Gasteiger partial charge on any atom is 0.327 e. The van der Waals surface area contributed by atoms with E-state index in [0.29, 0.717) is 10.4 Å². The van der Waals surface area contributed by atoms with Gasteiger partial charge in [0.1, 0.15) is 10.4 Å². The molecule has 8 heteroatoms. The number of hydrogen-bond acceptors (Lipinski definition) is 6. The lowest BCUT2D eigenvalue weighted by molar-refractivity contribution is -0.146. The van der Waals surface area contributed by atoms with Crippen molar-refractivity contribution in [3.05, 3.63) is 41.1 Å². The lowest BCUT2D eigenvalue weighted by Gasteiger charge is -2.26. The second-order valence-electron chi connectivity index (χ2n) is 5.85. The van der Waals surface area contributed by atoms with E-state index in [1.807, 2.05) is 18.2 Å². The van der Waals surface area contributed by atoms with E-state index in [-0.39, 0.29) is 10.2 Å². The van der Waals surface area contributed by atoms with E-state index in [0.717, 1.165) is 22.8 Å². The fraction of sp³-hybridized carbons (Fsp3) is 0.235. The first-order valence-corrected chi connectivity index (χ1v) is 8.82. The van der Waals surface area contributed by atoms with E-state index in [1.165, 1.54) is 4.90 Å². The number of thioether (sulfide) groups is 1. The zero-order chi connectivity index (χ0) is 18.1. The number of thiocarbonyl (C=S) groups is 1. The first-order chi connectivity index (χ1) is 11.9. The predicted molar refractivity (Wildman–Crippen MR) is 101 cm³/mol. The Bertz CT molecular complexity index is 906. The van der Waals surface area contributed by atoms with E-state index >= 15 is 0 Å². The molecule has 1 saturated heterocycles. The summed E-state index contributed by atoms with van der Waals surface area (Å²) in [5.74, 6) is -1.72. The van der Waals surface area contributed by atoms with Gasteiger partial charge in [0.15, 0.2) is 0 Å². The highest BCUT2D eigenvalue weighted by Gasteiger charge is 2.41. The Morgan fingerprint density at radius 1 is 1.32 bits per heavy atom. The molecule has 1 atom stereocenters. The predicted octanol–water partition coefficient (Wildman–Crippen LogP) is 2.94. The zero-order valence-corrected chi connectivity index (χ0v) is 15.2. The number of aliphatic carboxylic acids is 1. The Kier molecular flexibility index (Phi) is 4.82. The molecular formula is C17H15N3O3S2. The van der Waals surface area contributed by atoms with Crippen LogP contribution < -0.4 is 0 Å². The molecule has 128 valence electrons. The number of carboxylic acids is 1. The molecule has 1 unspecified atom stereocenters. The number of carbonyl (C=O) groups is 2. The minimum atomic E-state index is -1.07. The third-order valence-corrected chi connectivity index (χ3v) is 5.13. The summed E-state index contributed by atoms with van der Waals surface area (Å²) in [6.45, 7) is 3.50. The van der Waals surface area contributed by atoms with Gasteiger partial charge in [-0.1, -0.05) is 50.0 Å². The van der Waals surface area contributed by atoms with Crippen molar-refractivity contribution in [2.45, 2.75) is 19.9 Å². The first kappa shape index (κ1) is 17.5. The van der Waals surface area contributed by atoms with E-state index in [1.54, 1.807) is 32.3 Å². The molecule has 0 saturated carbocycles. The molecule has 25 heavy (non-hydrogen) atoms. The van der Waals surface area contributed by atoms with Gasteiger partial charge < -0.3 is 5.11 Å². The lowest BCUT2D eigenvalue weighted by Crippen LogP contribution is -2.47. The van der Waals surface area contributed by atoms with Crippen molar-refractivity contribution in [2.24, 2.45) is 5.92 Å². The van der Waals surface area contributed by atoms with Gasteiger partial charge in [-0.2, -0.15) is 0 Å². The third-order valence-electron chi connectivity index (χ3n) is 3.80. The molecule has 0 radical (unpaired) electrons. The molecule has 2 heterocycles. The second-order valence-corrected chi connectivity index (χ2v) is 7.53. The number of fused-ring (bicyclic) bond motifs is 1. The van der Waals surface area contributed by atoms with Crippen molar-refractivity contribution in [2.75, 3.05) is 0 Å². The van der Waals surface area contributed by atoms with Gasteiger partial charge in [0.2, 0.25) is 0 Å². The fourth-order valence-corrected chi connectivity index (χ4v) is 4.01. The van der Waals surface area contributed by atoms with Crippen LogP contribution in [0.2, 0.25) is 0 Å². The third kappa shape index (κ3) is 3.27. The summed E-state index contributed by atoms with van der Waals surface area (Å²) < 4.78 is 0.253. The lowest BCUT2D eigenvalue weighted by atomic mass is 10.0. The summed E-state index contributed by atoms with van der Waals surface area (Å²) in [5, 5.41) is 9.46. The van der Waals surface area contributed by atoms with Crippen LogP contribution in [-0.2, 0) is 9.59 Å². The topological polar surface area (TPSA) is 83.4 Å². The number of benzene rings is 1. The minimum Gasteiger partial charge on any atom is -0.480 e. The molecule has 1 fully saturated rings. The summed E-state index contributed by atoms with van der Waals surface area (Å²) >= 11 is 6.36. The smallest absolute Gasteiger partial charge is 0.327 e. The van der Waals surface area contributed by atoms with Gasteiger partial charge in [-0.05, 0) is 18.1 Å². The van der Waals surface area contributed by atoms with Crippen molar-refractivity contribution in [1.29, 1.82) is 0 Å². The number of rotatable bonds is 4. The number of carboxylic acid groups (broad SMARTS) is 1. The van der Waals surface area contributed by atoms with Crippen molar-refractivity contribution < 1.29 is 14.7 Å². The Labute approximate surface area is 154 Å². The molecule has 1 aliphatic rings. The molecule has 1 N–H and O–H groups in total. The van der Waals surface area contributed by atoms with Gasteiger partial charge in [0, 0.05) is 18.0 Å². The highest BCUT2D eigenvalue weighted by atomic mass is 32.2. The summed E-state index contributed by atoms with van der Waals surface area (Å²) in [6.07, 6.45) is 4.88. The zero-order valence-electron chi connectivity index (χ0n) is 13.5. The maximum absolute atomic E-state index is 12.8. The molecule has 1 aliphatic heterocycles. The highest BCUT2D eigenvalue weighted by Crippen LogP contribution is 2.36. The van der Waals surface area contributed by atoms with Crippen LogP contribution in [0.25, 0.3) is 17.1 Å². The number of aromatic nitrogens is 2. The minimum absolute atomic E-state index is 0.253. The monoisotopic (exact) mass is 373 g/mol. The van der Waals surface area contributed by atoms with E-state index < -0.39 is 17.9 Å². The van der Waals surface area contributed by atoms with Crippen LogP contribution >= 0.6 is 24.0 Å². The van der Waals surface area contributed by atoms with Crippen LogP contribution in [0.4, 0.5) is 0 Å². The molecule has 2 aromatic rings. The average molecular weight is 373 g/mol. The van der Waals surface area contributed by atoms with Crippen LogP contribution in [0.3, 0.4) is 0 Å². The first-order valence-electron chi connectivity index (χ1n) is 7.59. The number of amides is 1. The second kappa shape index (κ2) is 6.89. The normalized spacial score (nSPS) is 17.7. The van der Waals surface area contributed by atoms with Gasteiger partial charge in [0.25, 0.3) is 5.91 Å². The van der Waals surface area contributed by atoms with Crippen LogP contribution in [-0.4, -0.2) is 42.2 Å². The van der Waals surface area contributed by atoms with E-state index in [9.17, 15) is 14.7 Å². The van der Waals surface area contributed by atoms with Crippen molar-refractivity contribution in [3.63, 3.8) is 0 Å². The van der Waals surface area contributed by atoms with Gasteiger partial charge in [-0.3, -0.25) is 19.7 Å². The molecule has 1 amide bonds. The molecule has 3 rings (SSSR count). The summed E-state index contributed by atoms with van der Waals surface area (Å²) in [7, 11) is 0. The number of carbonyl (C=O) groups excluding carboxylic acids is 1. The number of hydrogen-bond donors (Lipinski definition) is 1. The number of nitrogens with zero attached hydrogens (tertiary/aromatic N) is 3. The summed E-state index contributed by atoms with van der Waals surface area (Å²) in [4.78, 5) is 34.4. The SMILES string of the molecule is CC(C)C(C(=O)O)N1C(=O)C(=Cc2cccc3nccnc23)SC1=S. The molecule has 0 bridgehead atoms. The summed E-state index contributed by atoms with van der Waals surface area (Å²) in [5.41, 5.74) is 2.13. The van der Waals surface area contributed by atoms with Gasteiger partial charge in [0.05, 0.1) is 15.9 Å². The van der Waals surface area contributed by atoms with Crippen LogP contribution in [0.15, 0.2) is 35.5 Å². The number of para-hydroxylation sites is 1. The van der Waals surface area contributed by atoms with Gasteiger partial charge >= 0.3 is 5.97 Å². The Hall–Kier alpha value is -2.32. The van der Waals surface area contributed by atoms with Gasteiger partial charge in [-0.15, -0.1) is 0 Å². The largest absolute Gasteiger partial charge is 0.480 e. The molecule has 1 aromatic carbocycles. The molecule has 1 aromatic heterocycles. The van der Waals surface area contributed by atoms with Crippen molar-refractivity contribution >= 4 is 57.3 Å². The highest BCUT2D eigenvalue weighted by molar-refractivity contribution is 8.26.